The van der Waals surface area contributed by atoms with Gasteiger partial charge in [0, 0.05) is 30.4 Å². The monoisotopic (exact) mass is 276 g/mol. The normalized spacial score (nSPS) is 12.1. The number of rotatable bonds is 5. The molecule has 0 saturated heterocycles. The van der Waals surface area contributed by atoms with Crippen LogP contribution in [0.25, 0.3) is 11.0 Å². The standard InChI is InChI=1S/C15H16O5/c1-10(8-18-11(2)16)9-19-13-5-3-12-4-6-15(17)20-14(12)7-13/h3-7,10H,8-9H2,1-2H3/t10-/m1/s1. The first-order valence-corrected chi connectivity index (χ1v) is 6.34. The van der Waals surface area contributed by atoms with Crippen molar-refractivity contribution < 1.29 is 18.7 Å². The Bertz CT molecular complexity index is 659. The van der Waals surface area contributed by atoms with Crippen molar-refractivity contribution in [1.29, 1.82) is 0 Å². The van der Waals surface area contributed by atoms with Gasteiger partial charge in [0.05, 0.1) is 13.2 Å². The van der Waals surface area contributed by atoms with E-state index in [-0.39, 0.29) is 11.9 Å². The second-order valence-electron chi connectivity index (χ2n) is 4.67. The Labute approximate surface area is 116 Å². The molecule has 0 spiro atoms. The highest BCUT2D eigenvalue weighted by Crippen LogP contribution is 2.19. The Morgan fingerprint density at radius 1 is 1.25 bits per heavy atom. The lowest BCUT2D eigenvalue weighted by Gasteiger charge is -2.13. The van der Waals surface area contributed by atoms with Gasteiger partial charge in [-0.1, -0.05) is 6.92 Å². The first-order chi connectivity index (χ1) is 9.54. The van der Waals surface area contributed by atoms with Crippen LogP contribution in [0.15, 0.2) is 39.5 Å². The maximum Gasteiger partial charge on any atom is 0.336 e. The number of hydrogen-bond donors (Lipinski definition) is 0. The Hall–Kier alpha value is -2.30. The Morgan fingerprint density at radius 3 is 2.75 bits per heavy atom. The minimum atomic E-state index is -0.391. The van der Waals surface area contributed by atoms with E-state index >= 15 is 0 Å². The largest absolute Gasteiger partial charge is 0.493 e. The van der Waals surface area contributed by atoms with E-state index in [2.05, 4.69) is 0 Å². The van der Waals surface area contributed by atoms with Crippen LogP contribution in [0.5, 0.6) is 5.75 Å². The van der Waals surface area contributed by atoms with Crippen molar-refractivity contribution in [2.45, 2.75) is 13.8 Å². The SMILES string of the molecule is CC(=O)OC[C@@H](C)COc1ccc2ccc(=O)oc2c1. The molecule has 2 aromatic rings. The van der Waals surface area contributed by atoms with E-state index in [9.17, 15) is 9.59 Å². The zero-order chi connectivity index (χ0) is 14.5. The van der Waals surface area contributed by atoms with Crippen LogP contribution in [0.1, 0.15) is 13.8 Å². The molecule has 1 aromatic heterocycles. The lowest BCUT2D eigenvalue weighted by molar-refractivity contribution is -0.142. The molecule has 0 unspecified atom stereocenters. The van der Waals surface area contributed by atoms with Crippen molar-refractivity contribution in [3.05, 3.63) is 40.8 Å². The van der Waals surface area contributed by atoms with Gasteiger partial charge in [-0.15, -0.1) is 0 Å². The van der Waals surface area contributed by atoms with Crippen LogP contribution in [-0.2, 0) is 9.53 Å². The molecule has 5 heteroatoms. The average molecular weight is 276 g/mol. The van der Waals surface area contributed by atoms with E-state index in [0.717, 1.165) is 5.39 Å². The number of hydrogen-bond acceptors (Lipinski definition) is 5. The molecule has 0 amide bonds. The maximum absolute atomic E-state index is 11.2. The number of carbonyl (C=O) groups is 1. The number of ether oxygens (including phenoxy) is 2. The second-order valence-corrected chi connectivity index (χ2v) is 4.67. The lowest BCUT2D eigenvalue weighted by Crippen LogP contribution is -2.16. The minimum Gasteiger partial charge on any atom is -0.493 e. The second kappa shape index (κ2) is 6.23. The molecular weight excluding hydrogens is 260 g/mol. The highest BCUT2D eigenvalue weighted by molar-refractivity contribution is 5.77. The van der Waals surface area contributed by atoms with Crippen molar-refractivity contribution in [2.24, 2.45) is 5.92 Å². The molecule has 0 fully saturated rings. The van der Waals surface area contributed by atoms with E-state index in [0.29, 0.717) is 24.5 Å². The Kier molecular flexibility index (Phi) is 4.40. The quantitative estimate of drug-likeness (QED) is 0.619. The molecule has 0 aliphatic rings. The molecule has 20 heavy (non-hydrogen) atoms. The third kappa shape index (κ3) is 3.85. The summed E-state index contributed by atoms with van der Waals surface area (Å²) in [5.74, 6) is 0.392. The fourth-order valence-corrected chi connectivity index (χ4v) is 1.68. The molecule has 0 saturated carbocycles. The number of benzene rings is 1. The van der Waals surface area contributed by atoms with Crippen molar-refractivity contribution in [3.63, 3.8) is 0 Å². The molecule has 0 aliphatic carbocycles. The van der Waals surface area contributed by atoms with Crippen molar-refractivity contribution in [1.82, 2.24) is 0 Å². The first-order valence-electron chi connectivity index (χ1n) is 6.34. The highest BCUT2D eigenvalue weighted by Gasteiger charge is 2.06. The van der Waals surface area contributed by atoms with Crippen LogP contribution in [0.3, 0.4) is 0 Å². The smallest absolute Gasteiger partial charge is 0.336 e. The molecule has 1 heterocycles. The number of carbonyl (C=O) groups excluding carboxylic acids is 1. The third-order valence-electron chi connectivity index (χ3n) is 2.70. The molecule has 0 radical (unpaired) electrons. The van der Waals surface area contributed by atoms with Gasteiger partial charge in [-0.3, -0.25) is 4.79 Å². The molecule has 0 bridgehead atoms. The van der Waals surface area contributed by atoms with Gasteiger partial charge in [-0.2, -0.15) is 0 Å². The zero-order valence-corrected chi connectivity index (χ0v) is 11.4. The summed E-state index contributed by atoms with van der Waals surface area (Å²) < 4.78 is 15.6. The van der Waals surface area contributed by atoms with E-state index in [1.54, 1.807) is 18.2 Å². The predicted molar refractivity (Wildman–Crippen MR) is 73.8 cm³/mol. The molecular formula is C15H16O5. The summed E-state index contributed by atoms with van der Waals surface area (Å²) >= 11 is 0. The molecule has 1 atom stereocenters. The molecule has 1 aromatic carbocycles. The highest BCUT2D eigenvalue weighted by atomic mass is 16.5. The number of fused-ring (bicyclic) bond motifs is 1. The molecule has 2 rings (SSSR count). The number of esters is 1. The maximum atomic E-state index is 11.2. The van der Waals surface area contributed by atoms with Gasteiger partial charge in [-0.25, -0.2) is 4.79 Å². The molecule has 5 nitrogen and oxygen atoms in total. The fraction of sp³-hybridized carbons (Fsp3) is 0.333. The summed E-state index contributed by atoms with van der Waals surface area (Å²) in [4.78, 5) is 21.8. The Balaban J connectivity index is 1.99. The molecule has 106 valence electrons. The van der Waals surface area contributed by atoms with Crippen LogP contribution < -0.4 is 10.4 Å². The van der Waals surface area contributed by atoms with Gasteiger partial charge in [0.25, 0.3) is 0 Å². The van der Waals surface area contributed by atoms with Crippen molar-refractivity contribution in [2.75, 3.05) is 13.2 Å². The summed E-state index contributed by atoms with van der Waals surface area (Å²) in [6.07, 6.45) is 0. The van der Waals surface area contributed by atoms with E-state index in [1.807, 2.05) is 13.0 Å². The summed E-state index contributed by atoms with van der Waals surface area (Å²) in [5.41, 5.74) is 0.0977. The van der Waals surface area contributed by atoms with Gasteiger partial charge in [0.1, 0.15) is 11.3 Å². The van der Waals surface area contributed by atoms with Gasteiger partial charge in [-0.05, 0) is 18.2 Å². The van der Waals surface area contributed by atoms with Crippen LogP contribution in [-0.4, -0.2) is 19.2 Å². The van der Waals surface area contributed by atoms with Crippen molar-refractivity contribution in [3.8, 4) is 5.75 Å². The Morgan fingerprint density at radius 2 is 2.00 bits per heavy atom. The molecule has 0 aliphatic heterocycles. The van der Waals surface area contributed by atoms with E-state index < -0.39 is 5.63 Å². The minimum absolute atomic E-state index is 0.0809. The van der Waals surface area contributed by atoms with Crippen molar-refractivity contribution >= 4 is 16.9 Å². The summed E-state index contributed by atoms with van der Waals surface area (Å²) in [6, 6.07) is 8.39. The predicted octanol–water partition coefficient (Wildman–Crippen LogP) is 2.37. The van der Waals surface area contributed by atoms with E-state index in [4.69, 9.17) is 13.9 Å². The zero-order valence-electron chi connectivity index (χ0n) is 11.4. The first kappa shape index (κ1) is 14.1. The fourth-order valence-electron chi connectivity index (χ4n) is 1.68. The summed E-state index contributed by atoms with van der Waals surface area (Å²) in [7, 11) is 0. The van der Waals surface area contributed by atoms with E-state index in [1.165, 1.54) is 13.0 Å². The van der Waals surface area contributed by atoms with Gasteiger partial charge in [0.15, 0.2) is 0 Å². The third-order valence-corrected chi connectivity index (χ3v) is 2.70. The van der Waals surface area contributed by atoms with Crippen LogP contribution in [0, 0.1) is 5.92 Å². The lowest BCUT2D eigenvalue weighted by atomic mass is 10.2. The van der Waals surface area contributed by atoms with Crippen LogP contribution in [0.2, 0.25) is 0 Å². The summed E-state index contributed by atoms with van der Waals surface area (Å²) in [5, 5.41) is 0.838. The van der Waals surface area contributed by atoms with Crippen LogP contribution in [0.4, 0.5) is 0 Å². The average Bonchev–Trinajstić information content (AvgIpc) is 2.42. The topological polar surface area (TPSA) is 65.7 Å². The summed E-state index contributed by atoms with van der Waals surface area (Å²) in [6.45, 7) is 4.02. The molecule has 0 N–H and O–H groups in total. The van der Waals surface area contributed by atoms with Gasteiger partial charge < -0.3 is 13.9 Å². The van der Waals surface area contributed by atoms with Gasteiger partial charge >= 0.3 is 11.6 Å². The van der Waals surface area contributed by atoms with Gasteiger partial charge in [0.2, 0.25) is 0 Å². The van der Waals surface area contributed by atoms with Crippen LogP contribution >= 0.6 is 0 Å².